The summed E-state index contributed by atoms with van der Waals surface area (Å²) in [5.74, 6) is -1.08. The highest BCUT2D eigenvalue weighted by atomic mass is 35.5. The fourth-order valence-electron chi connectivity index (χ4n) is 6.90. The Hall–Kier alpha value is -5.19. The Kier molecular flexibility index (Phi) is 8.60. The Morgan fingerprint density at radius 1 is 0.857 bits per heavy atom. The van der Waals surface area contributed by atoms with Gasteiger partial charge in [0.2, 0.25) is 0 Å². The van der Waals surface area contributed by atoms with Crippen LogP contribution < -0.4 is 9.64 Å². The molecule has 10 nitrogen and oxygen atoms in total. The highest BCUT2D eigenvalue weighted by Gasteiger charge is 2.34. The Bertz CT molecular complexity index is 2130. The molecule has 1 aromatic heterocycles. The highest BCUT2D eigenvalue weighted by Crippen LogP contribution is 2.36. The minimum absolute atomic E-state index is 0.0942. The molecule has 0 saturated carbocycles. The van der Waals surface area contributed by atoms with Gasteiger partial charge in [0.05, 0.1) is 25.6 Å². The number of hydrogen-bond acceptors (Lipinski definition) is 8. The summed E-state index contributed by atoms with van der Waals surface area (Å²) in [6.07, 6.45) is -0.129. The lowest BCUT2D eigenvalue weighted by Gasteiger charge is -2.35. The highest BCUT2D eigenvalue weighted by molar-refractivity contribution is 6.30. The van der Waals surface area contributed by atoms with Gasteiger partial charge in [-0.3, -0.25) is 28.6 Å². The second-order valence-electron chi connectivity index (χ2n) is 12.4. The molecule has 0 N–H and O–H groups in total. The van der Waals surface area contributed by atoms with E-state index in [-0.39, 0.29) is 25.5 Å². The van der Waals surface area contributed by atoms with E-state index in [1.807, 2.05) is 18.2 Å². The fraction of sp³-hybridized carbons (Fsp3) is 0.263. The van der Waals surface area contributed by atoms with Crippen LogP contribution in [-0.2, 0) is 16.0 Å². The average Bonchev–Trinajstić information content (AvgIpc) is 3.38. The van der Waals surface area contributed by atoms with Crippen molar-refractivity contribution < 1.29 is 28.7 Å². The van der Waals surface area contributed by atoms with Crippen molar-refractivity contribution in [3.63, 3.8) is 0 Å². The number of hydrogen-bond donors (Lipinski definition) is 0. The number of methoxy groups -OCH3 is 1. The number of benzene rings is 4. The predicted molar refractivity (Wildman–Crippen MR) is 188 cm³/mol. The number of carbonyl (C=O) groups excluding carboxylic acids is 4. The van der Waals surface area contributed by atoms with E-state index in [1.54, 1.807) is 73.2 Å². The number of carbonyl (C=O) groups is 4. The zero-order chi connectivity index (χ0) is 34.4. The van der Waals surface area contributed by atoms with Crippen LogP contribution in [-0.4, -0.2) is 91.5 Å². The number of esters is 1. The minimum Gasteiger partial charge on any atom is -0.497 e. The largest absolute Gasteiger partial charge is 0.497 e. The molecule has 4 aromatic carbocycles. The molecule has 11 heteroatoms. The van der Waals surface area contributed by atoms with Gasteiger partial charge in [0, 0.05) is 75.4 Å². The van der Waals surface area contributed by atoms with Gasteiger partial charge >= 0.3 is 5.97 Å². The van der Waals surface area contributed by atoms with Gasteiger partial charge < -0.3 is 19.3 Å². The standard InChI is InChI=1S/C38H35ClN4O6/c1-23-30(31-21-26(48-3)11-13-33(31)43(23)36(45)24-7-9-25(39)10-8-24)22-34(44)49-20-19-42-37(46)28-6-4-5-27-32(41-17-15-40(2)16-18-41)14-12-29(35(27)28)38(42)47/h4-14,21H,15-20,22H2,1-3H3. The van der Waals surface area contributed by atoms with Crippen LogP contribution in [0.5, 0.6) is 5.75 Å². The van der Waals surface area contributed by atoms with Crippen molar-refractivity contribution in [1.82, 2.24) is 14.4 Å². The van der Waals surface area contributed by atoms with Crippen molar-refractivity contribution in [3.05, 3.63) is 106 Å². The first-order valence-corrected chi connectivity index (χ1v) is 16.5. The quantitative estimate of drug-likeness (QED) is 0.155. The Morgan fingerprint density at radius 3 is 2.29 bits per heavy atom. The first kappa shape index (κ1) is 32.4. The first-order chi connectivity index (χ1) is 23.7. The molecule has 0 atom stereocenters. The van der Waals surface area contributed by atoms with Crippen LogP contribution in [0.4, 0.5) is 5.69 Å². The maximum absolute atomic E-state index is 13.7. The molecule has 3 heterocycles. The molecule has 1 fully saturated rings. The molecule has 2 aliphatic heterocycles. The van der Waals surface area contributed by atoms with Crippen molar-refractivity contribution in [2.45, 2.75) is 13.3 Å². The number of ether oxygens (including phenoxy) is 2. The van der Waals surface area contributed by atoms with E-state index in [4.69, 9.17) is 21.1 Å². The van der Waals surface area contributed by atoms with E-state index >= 15 is 0 Å². The van der Waals surface area contributed by atoms with Gasteiger partial charge in [-0.2, -0.15) is 0 Å². The van der Waals surface area contributed by atoms with Crippen LogP contribution >= 0.6 is 11.6 Å². The normalized spacial score (nSPS) is 14.9. The molecule has 1 saturated heterocycles. The molecule has 250 valence electrons. The summed E-state index contributed by atoms with van der Waals surface area (Å²) in [6, 6.07) is 21.3. The number of fused-ring (bicyclic) bond motifs is 1. The molecule has 0 spiro atoms. The predicted octanol–water partition coefficient (Wildman–Crippen LogP) is 5.59. The van der Waals surface area contributed by atoms with Crippen LogP contribution in [0.15, 0.2) is 72.8 Å². The summed E-state index contributed by atoms with van der Waals surface area (Å²) >= 11 is 6.04. The lowest BCUT2D eigenvalue weighted by atomic mass is 9.92. The average molecular weight is 679 g/mol. The molecule has 2 aliphatic rings. The zero-order valence-electron chi connectivity index (χ0n) is 27.5. The van der Waals surface area contributed by atoms with Gasteiger partial charge in [-0.05, 0) is 80.2 Å². The molecule has 2 amide bonds. The van der Waals surface area contributed by atoms with Gasteiger partial charge in [-0.1, -0.05) is 23.7 Å². The van der Waals surface area contributed by atoms with Crippen molar-refractivity contribution in [2.75, 3.05) is 58.4 Å². The van der Waals surface area contributed by atoms with Crippen molar-refractivity contribution in [2.24, 2.45) is 0 Å². The lowest BCUT2D eigenvalue weighted by Crippen LogP contribution is -2.45. The van der Waals surface area contributed by atoms with Gasteiger partial charge in [0.25, 0.3) is 17.7 Å². The maximum Gasteiger partial charge on any atom is 0.310 e. The summed E-state index contributed by atoms with van der Waals surface area (Å²) in [4.78, 5) is 59.9. The van der Waals surface area contributed by atoms with Crippen molar-refractivity contribution in [3.8, 4) is 5.75 Å². The molecule has 5 aromatic rings. The summed E-state index contributed by atoms with van der Waals surface area (Å²) in [5, 5.41) is 2.74. The van der Waals surface area contributed by atoms with Crippen LogP contribution in [0.3, 0.4) is 0 Å². The van der Waals surface area contributed by atoms with E-state index in [1.165, 1.54) is 0 Å². The molecule has 0 radical (unpaired) electrons. The van der Waals surface area contributed by atoms with Crippen LogP contribution in [0.1, 0.15) is 42.3 Å². The lowest BCUT2D eigenvalue weighted by molar-refractivity contribution is -0.143. The summed E-state index contributed by atoms with van der Waals surface area (Å²) in [6.45, 7) is 5.10. The molecule has 0 aliphatic carbocycles. The van der Waals surface area contributed by atoms with E-state index in [2.05, 4.69) is 16.8 Å². The smallest absolute Gasteiger partial charge is 0.310 e. The molecule has 0 bridgehead atoms. The number of imide groups is 1. The monoisotopic (exact) mass is 678 g/mol. The second kappa shape index (κ2) is 13.0. The topological polar surface area (TPSA) is 101 Å². The van der Waals surface area contributed by atoms with E-state index in [0.717, 1.165) is 42.2 Å². The molecule has 49 heavy (non-hydrogen) atoms. The molecule has 7 rings (SSSR count). The fourth-order valence-corrected chi connectivity index (χ4v) is 7.02. The summed E-state index contributed by atoms with van der Waals surface area (Å²) in [5.41, 5.74) is 4.19. The molecular formula is C38H35ClN4O6. The van der Waals surface area contributed by atoms with E-state index in [9.17, 15) is 19.2 Å². The third-order valence-electron chi connectivity index (χ3n) is 9.55. The summed E-state index contributed by atoms with van der Waals surface area (Å²) < 4.78 is 12.6. The van der Waals surface area contributed by atoms with E-state index < -0.39 is 17.8 Å². The maximum atomic E-state index is 13.7. The third kappa shape index (κ3) is 5.81. The van der Waals surface area contributed by atoms with Crippen LogP contribution in [0.2, 0.25) is 5.02 Å². The first-order valence-electron chi connectivity index (χ1n) is 16.2. The molecular weight excluding hydrogens is 644 g/mol. The molecule has 0 unspecified atom stereocenters. The van der Waals surface area contributed by atoms with Crippen molar-refractivity contribution >= 4 is 62.7 Å². The second-order valence-corrected chi connectivity index (χ2v) is 12.8. The van der Waals surface area contributed by atoms with Crippen LogP contribution in [0, 0.1) is 6.92 Å². The van der Waals surface area contributed by atoms with Gasteiger partial charge in [0.1, 0.15) is 12.4 Å². The number of halogens is 1. The number of aromatic nitrogens is 1. The van der Waals surface area contributed by atoms with Crippen molar-refractivity contribution in [1.29, 1.82) is 0 Å². The number of amides is 2. The number of piperazine rings is 1. The van der Waals surface area contributed by atoms with Gasteiger partial charge in [-0.15, -0.1) is 0 Å². The van der Waals surface area contributed by atoms with E-state index in [0.29, 0.717) is 55.0 Å². The number of anilines is 1. The van der Waals surface area contributed by atoms with Crippen LogP contribution in [0.25, 0.3) is 21.7 Å². The third-order valence-corrected chi connectivity index (χ3v) is 9.80. The summed E-state index contributed by atoms with van der Waals surface area (Å²) in [7, 11) is 3.65. The number of rotatable bonds is 8. The minimum atomic E-state index is -0.555. The Morgan fingerprint density at radius 2 is 1.57 bits per heavy atom. The van der Waals surface area contributed by atoms with Gasteiger partial charge in [-0.25, -0.2) is 0 Å². The Balaban J connectivity index is 1.09. The van der Waals surface area contributed by atoms with Gasteiger partial charge in [0.15, 0.2) is 0 Å². The zero-order valence-corrected chi connectivity index (χ0v) is 28.3. The number of likely N-dealkylation sites (N-methyl/N-ethyl adjacent to an activating group) is 1. The number of nitrogens with zero attached hydrogens (tertiary/aromatic N) is 4. The SMILES string of the molecule is COc1ccc2c(c1)c(CC(=O)OCCN1C(=O)c3cccc4c(N5CCN(C)CC5)ccc(c34)C1=O)c(C)n2C(=O)c1ccc(Cl)cc1. The Labute approximate surface area is 288 Å².